The van der Waals surface area contributed by atoms with Crippen LogP contribution in [0.3, 0.4) is 0 Å². The number of anilines is 1. The normalized spacial score (nSPS) is 14.1. The predicted molar refractivity (Wildman–Crippen MR) is 189 cm³/mol. The molecule has 5 rings (SSSR count). The van der Waals surface area contributed by atoms with E-state index < -0.39 is 28.5 Å². The fourth-order valence-corrected chi connectivity index (χ4v) is 7.73. The number of amides is 2. The number of rotatable bonds is 13. The third kappa shape index (κ3) is 8.44. The molecule has 0 spiro atoms. The monoisotopic (exact) mass is 667 g/mol. The summed E-state index contributed by atoms with van der Waals surface area (Å²) in [4.78, 5) is 30.7. The Balaban J connectivity index is 1.60. The molecule has 1 atom stereocenters. The highest BCUT2D eigenvalue weighted by Crippen LogP contribution is 2.34. The van der Waals surface area contributed by atoms with E-state index in [1.165, 1.54) is 19.2 Å². The number of carbonyl (C=O) groups excluding carboxylic acids is 2. The molecule has 4 aromatic rings. The van der Waals surface area contributed by atoms with Crippen molar-refractivity contribution in [3.05, 3.63) is 125 Å². The van der Waals surface area contributed by atoms with E-state index in [4.69, 9.17) is 4.74 Å². The minimum absolute atomic E-state index is 0.0337. The largest absolute Gasteiger partial charge is 0.495 e. The third-order valence-corrected chi connectivity index (χ3v) is 10.8. The molecule has 2 amide bonds. The molecule has 0 aliphatic heterocycles. The average molecular weight is 668 g/mol. The first kappa shape index (κ1) is 34.7. The first-order valence-corrected chi connectivity index (χ1v) is 18.0. The van der Waals surface area contributed by atoms with Crippen molar-refractivity contribution >= 4 is 27.5 Å². The van der Waals surface area contributed by atoms with Crippen LogP contribution in [0.15, 0.2) is 108 Å². The van der Waals surface area contributed by atoms with Crippen LogP contribution in [-0.4, -0.2) is 50.9 Å². The number of carbonyl (C=O) groups is 2. The molecule has 0 heterocycles. The summed E-state index contributed by atoms with van der Waals surface area (Å²) in [5, 5.41) is 3.26. The molecule has 0 aromatic heterocycles. The van der Waals surface area contributed by atoms with E-state index in [1.54, 1.807) is 35.2 Å². The van der Waals surface area contributed by atoms with E-state index in [9.17, 15) is 18.0 Å². The van der Waals surface area contributed by atoms with Gasteiger partial charge in [-0.25, -0.2) is 8.42 Å². The molecule has 1 fully saturated rings. The number of hydrogen-bond acceptors (Lipinski definition) is 5. The summed E-state index contributed by atoms with van der Waals surface area (Å²) in [6.45, 7) is 3.42. The fraction of sp³-hybridized carbons (Fsp3) is 0.333. The number of benzene rings is 4. The van der Waals surface area contributed by atoms with Crippen molar-refractivity contribution in [3.63, 3.8) is 0 Å². The highest BCUT2D eigenvalue weighted by molar-refractivity contribution is 7.92. The molecule has 9 heteroatoms. The summed E-state index contributed by atoms with van der Waals surface area (Å²) in [7, 11) is -2.76. The number of methoxy groups -OCH3 is 1. The van der Waals surface area contributed by atoms with E-state index in [2.05, 4.69) is 5.32 Å². The van der Waals surface area contributed by atoms with Crippen molar-refractivity contribution in [2.45, 2.75) is 75.9 Å². The van der Waals surface area contributed by atoms with Gasteiger partial charge in [0.15, 0.2) is 0 Å². The van der Waals surface area contributed by atoms with E-state index in [-0.39, 0.29) is 35.5 Å². The second-order valence-electron chi connectivity index (χ2n) is 12.5. The molecule has 1 N–H and O–H groups in total. The van der Waals surface area contributed by atoms with Gasteiger partial charge in [0.2, 0.25) is 11.8 Å². The maximum Gasteiger partial charge on any atom is 0.264 e. The molecule has 252 valence electrons. The summed E-state index contributed by atoms with van der Waals surface area (Å²) >= 11 is 0. The highest BCUT2D eigenvalue weighted by Gasteiger charge is 2.36. The van der Waals surface area contributed by atoms with Gasteiger partial charge in [-0.05, 0) is 73.2 Å². The molecule has 4 aromatic carbocycles. The van der Waals surface area contributed by atoms with Crippen LogP contribution in [-0.2, 0) is 32.6 Å². The molecule has 48 heavy (non-hydrogen) atoms. The van der Waals surface area contributed by atoms with Gasteiger partial charge in [-0.3, -0.25) is 13.9 Å². The Labute approximate surface area is 284 Å². The molecule has 1 saturated carbocycles. The van der Waals surface area contributed by atoms with Crippen LogP contribution in [0, 0.1) is 13.8 Å². The van der Waals surface area contributed by atoms with Gasteiger partial charge in [-0.15, -0.1) is 0 Å². The predicted octanol–water partition coefficient (Wildman–Crippen LogP) is 6.60. The standard InChI is InChI=1S/C39H45N3O5S/c1-29-23-24-37(47-3)35(25-29)42(48(45,46)34-21-11-6-12-22-34)28-38(43)41(27-32-18-14-13-15-30(32)2)36(26-31-16-7-4-8-17-31)39(44)40-33-19-9-5-10-20-33/h4,6-8,11-18,21-25,33,36H,5,9-10,19-20,26-28H2,1-3H3,(H,40,44)/t36-/m0/s1. The van der Waals surface area contributed by atoms with Gasteiger partial charge in [-0.1, -0.05) is 98.1 Å². The van der Waals surface area contributed by atoms with Crippen molar-refractivity contribution in [2.75, 3.05) is 18.0 Å². The van der Waals surface area contributed by atoms with Gasteiger partial charge in [0.25, 0.3) is 10.0 Å². The maximum atomic E-state index is 14.8. The second-order valence-corrected chi connectivity index (χ2v) is 14.4. The van der Waals surface area contributed by atoms with Crippen molar-refractivity contribution in [1.29, 1.82) is 0 Å². The number of aryl methyl sites for hydroxylation is 2. The Bertz CT molecular complexity index is 1790. The third-order valence-electron chi connectivity index (χ3n) is 9.04. The molecule has 0 saturated heterocycles. The molecule has 0 unspecified atom stereocenters. The summed E-state index contributed by atoms with van der Waals surface area (Å²) in [5.74, 6) is -0.423. The summed E-state index contributed by atoms with van der Waals surface area (Å²) < 4.78 is 35.5. The van der Waals surface area contributed by atoms with Crippen LogP contribution in [0.4, 0.5) is 5.69 Å². The van der Waals surface area contributed by atoms with Crippen LogP contribution < -0.4 is 14.4 Å². The summed E-state index contributed by atoms with van der Waals surface area (Å²) in [5.41, 5.74) is 3.79. The Hall–Kier alpha value is -4.63. The average Bonchev–Trinajstić information content (AvgIpc) is 3.10. The van der Waals surface area contributed by atoms with Gasteiger partial charge in [0, 0.05) is 19.0 Å². The number of sulfonamides is 1. The molecule has 1 aliphatic carbocycles. The Kier molecular flexibility index (Phi) is 11.5. The zero-order valence-electron chi connectivity index (χ0n) is 28.0. The lowest BCUT2D eigenvalue weighted by atomic mass is 9.94. The minimum atomic E-state index is -4.24. The van der Waals surface area contributed by atoms with Gasteiger partial charge in [0.1, 0.15) is 18.3 Å². The zero-order chi connectivity index (χ0) is 34.1. The maximum absolute atomic E-state index is 14.8. The Morgan fingerprint density at radius 3 is 2.17 bits per heavy atom. The van der Waals surface area contributed by atoms with E-state index in [1.807, 2.05) is 74.5 Å². The van der Waals surface area contributed by atoms with Crippen LogP contribution >= 0.6 is 0 Å². The van der Waals surface area contributed by atoms with Crippen molar-refractivity contribution in [3.8, 4) is 5.75 Å². The zero-order valence-corrected chi connectivity index (χ0v) is 28.8. The van der Waals surface area contributed by atoms with E-state index in [0.717, 1.165) is 58.7 Å². The van der Waals surface area contributed by atoms with Crippen LogP contribution in [0.25, 0.3) is 0 Å². The fourth-order valence-electron chi connectivity index (χ4n) is 6.30. The lowest BCUT2D eigenvalue weighted by Gasteiger charge is -2.35. The minimum Gasteiger partial charge on any atom is -0.495 e. The Morgan fingerprint density at radius 2 is 1.50 bits per heavy atom. The van der Waals surface area contributed by atoms with Crippen molar-refractivity contribution < 1.29 is 22.7 Å². The Morgan fingerprint density at radius 1 is 0.854 bits per heavy atom. The van der Waals surface area contributed by atoms with Gasteiger partial charge < -0.3 is 15.0 Å². The van der Waals surface area contributed by atoms with Crippen LogP contribution in [0.2, 0.25) is 0 Å². The molecule has 0 radical (unpaired) electrons. The number of nitrogens with one attached hydrogen (secondary N) is 1. The van der Waals surface area contributed by atoms with E-state index >= 15 is 0 Å². The lowest BCUT2D eigenvalue weighted by molar-refractivity contribution is -0.140. The molecule has 0 bridgehead atoms. The quantitative estimate of drug-likeness (QED) is 0.174. The molecule has 8 nitrogen and oxygen atoms in total. The first-order valence-electron chi connectivity index (χ1n) is 16.6. The molecular weight excluding hydrogens is 623 g/mol. The van der Waals surface area contributed by atoms with E-state index in [0.29, 0.717) is 5.75 Å². The number of ether oxygens (including phenoxy) is 1. The second kappa shape index (κ2) is 16.0. The number of hydrogen-bond donors (Lipinski definition) is 1. The first-order chi connectivity index (χ1) is 23.2. The van der Waals surface area contributed by atoms with Gasteiger partial charge in [-0.2, -0.15) is 0 Å². The summed E-state index contributed by atoms with van der Waals surface area (Å²) in [6.07, 6.45) is 5.30. The smallest absolute Gasteiger partial charge is 0.264 e. The molecular formula is C39H45N3O5S. The topological polar surface area (TPSA) is 96.0 Å². The van der Waals surface area contributed by atoms with Crippen LogP contribution in [0.5, 0.6) is 5.75 Å². The van der Waals surface area contributed by atoms with Crippen molar-refractivity contribution in [1.82, 2.24) is 10.2 Å². The van der Waals surface area contributed by atoms with Gasteiger partial charge >= 0.3 is 0 Å². The van der Waals surface area contributed by atoms with Crippen LogP contribution in [0.1, 0.15) is 54.4 Å². The van der Waals surface area contributed by atoms with Crippen molar-refractivity contribution in [2.24, 2.45) is 0 Å². The highest BCUT2D eigenvalue weighted by atomic mass is 32.2. The van der Waals surface area contributed by atoms with Gasteiger partial charge in [0.05, 0.1) is 17.7 Å². The number of nitrogens with zero attached hydrogens (tertiary/aromatic N) is 2. The lowest BCUT2D eigenvalue weighted by Crippen LogP contribution is -2.55. The SMILES string of the molecule is COc1ccc(C)cc1N(CC(=O)N(Cc1ccccc1C)[C@@H](Cc1ccccc1)C(=O)NC1CCCCC1)S(=O)(=O)c1ccccc1. The summed E-state index contributed by atoms with van der Waals surface area (Å²) in [6, 6.07) is 29.8. The molecule has 1 aliphatic rings.